The summed E-state index contributed by atoms with van der Waals surface area (Å²) in [5, 5.41) is 17.2. The molecule has 1 fully saturated rings. The lowest BCUT2D eigenvalue weighted by molar-refractivity contribution is -0.117. The number of anilines is 1. The Bertz CT molecular complexity index is 1070. The molecule has 1 atom stereocenters. The lowest BCUT2D eigenvalue weighted by atomic mass is 9.90. The van der Waals surface area contributed by atoms with Crippen LogP contribution in [-0.2, 0) is 4.79 Å². The van der Waals surface area contributed by atoms with Crippen molar-refractivity contribution in [3.63, 3.8) is 0 Å². The van der Waals surface area contributed by atoms with Crippen LogP contribution in [0.2, 0.25) is 5.02 Å². The summed E-state index contributed by atoms with van der Waals surface area (Å²) in [5.74, 6) is -0.524. The second kappa shape index (κ2) is 9.32. The smallest absolute Gasteiger partial charge is 0.238 e. The van der Waals surface area contributed by atoms with Crippen LogP contribution in [0.3, 0.4) is 0 Å². The van der Waals surface area contributed by atoms with Crippen LogP contribution < -0.4 is 5.32 Å². The van der Waals surface area contributed by atoms with Crippen LogP contribution in [0, 0.1) is 11.7 Å². The fraction of sp³-hybridized carbons (Fsp3) is 0.286. The van der Waals surface area contributed by atoms with Gasteiger partial charge in [-0.1, -0.05) is 11.6 Å². The van der Waals surface area contributed by atoms with Crippen LogP contribution in [0.15, 0.2) is 42.5 Å². The van der Waals surface area contributed by atoms with Crippen LogP contribution in [0.1, 0.15) is 23.2 Å². The lowest BCUT2D eigenvalue weighted by Gasteiger charge is -2.31. The van der Waals surface area contributed by atoms with Crippen molar-refractivity contribution in [2.45, 2.75) is 12.8 Å². The number of carbonyl (C=O) groups is 2. The summed E-state index contributed by atoms with van der Waals surface area (Å²) >= 11 is 6.09. The monoisotopic (exact) mass is 442 g/mol. The van der Waals surface area contributed by atoms with Crippen LogP contribution in [0.4, 0.5) is 10.1 Å². The third-order valence-electron chi connectivity index (χ3n) is 5.21. The van der Waals surface area contributed by atoms with Crippen LogP contribution in [-0.4, -0.2) is 56.8 Å². The molecule has 0 aliphatic carbocycles. The molecule has 1 unspecified atom stereocenters. The highest BCUT2D eigenvalue weighted by atomic mass is 35.5. The van der Waals surface area contributed by atoms with Gasteiger partial charge in [0.05, 0.1) is 12.2 Å². The van der Waals surface area contributed by atoms with E-state index in [4.69, 9.17) is 11.6 Å². The number of H-pyrrole nitrogens is 1. The Labute approximate surface area is 182 Å². The van der Waals surface area contributed by atoms with E-state index in [-0.39, 0.29) is 30.0 Å². The third kappa shape index (κ3) is 5.12. The van der Waals surface area contributed by atoms with Gasteiger partial charge in [0.25, 0.3) is 0 Å². The number of amides is 1. The molecular formula is C21H20ClFN6O2. The molecule has 0 saturated carbocycles. The van der Waals surface area contributed by atoms with Gasteiger partial charge in [-0.3, -0.25) is 14.5 Å². The third-order valence-corrected chi connectivity index (χ3v) is 5.45. The van der Waals surface area contributed by atoms with Gasteiger partial charge in [-0.2, -0.15) is 5.21 Å². The van der Waals surface area contributed by atoms with Crippen molar-refractivity contribution < 1.29 is 14.0 Å². The molecule has 2 N–H and O–H groups in total. The SMILES string of the molecule is O=C(CN1CCCC(C(=O)c2ccc(F)cc2)C1)Nc1cc(Cl)ccc1-c1nn[nH]n1. The molecule has 1 aliphatic rings. The van der Waals surface area contributed by atoms with E-state index in [1.165, 1.54) is 24.3 Å². The average Bonchev–Trinajstić information content (AvgIpc) is 3.28. The molecule has 4 rings (SSSR count). The van der Waals surface area contributed by atoms with Crippen molar-refractivity contribution in [2.75, 3.05) is 25.0 Å². The quantitative estimate of drug-likeness (QED) is 0.568. The fourth-order valence-corrected chi connectivity index (χ4v) is 3.92. The maximum atomic E-state index is 13.1. The molecule has 1 aromatic heterocycles. The highest BCUT2D eigenvalue weighted by Crippen LogP contribution is 2.28. The molecule has 0 bridgehead atoms. The number of hydrogen-bond donors (Lipinski definition) is 2. The number of carbonyl (C=O) groups excluding carboxylic acids is 2. The second-order valence-electron chi connectivity index (χ2n) is 7.42. The van der Waals surface area contributed by atoms with E-state index in [1.54, 1.807) is 18.2 Å². The molecule has 2 aromatic carbocycles. The maximum absolute atomic E-state index is 13.1. The molecule has 1 aliphatic heterocycles. The van der Waals surface area contributed by atoms with Gasteiger partial charge in [-0.25, -0.2) is 4.39 Å². The summed E-state index contributed by atoms with van der Waals surface area (Å²) in [6.07, 6.45) is 1.54. The van der Waals surface area contributed by atoms with Crippen molar-refractivity contribution >= 4 is 29.0 Å². The largest absolute Gasteiger partial charge is 0.324 e. The molecule has 31 heavy (non-hydrogen) atoms. The molecule has 1 amide bonds. The molecule has 3 aromatic rings. The Morgan fingerprint density at radius 3 is 2.77 bits per heavy atom. The Morgan fingerprint density at radius 1 is 1.23 bits per heavy atom. The molecule has 2 heterocycles. The number of hydrogen-bond acceptors (Lipinski definition) is 6. The highest BCUT2D eigenvalue weighted by Gasteiger charge is 2.27. The first-order chi connectivity index (χ1) is 15.0. The minimum absolute atomic E-state index is 0.0284. The number of rotatable bonds is 6. The van der Waals surface area contributed by atoms with Crippen LogP contribution in [0.25, 0.3) is 11.4 Å². The zero-order valence-electron chi connectivity index (χ0n) is 16.5. The van der Waals surface area contributed by atoms with Crippen molar-refractivity contribution in [3.8, 4) is 11.4 Å². The van der Waals surface area contributed by atoms with Crippen molar-refractivity contribution in [1.29, 1.82) is 0 Å². The first-order valence-corrected chi connectivity index (χ1v) is 10.2. The standard InChI is InChI=1S/C21H20ClFN6O2/c22-15-5-8-17(21-25-27-28-26-21)18(10-15)24-19(30)12-29-9-1-2-14(11-29)20(31)13-3-6-16(23)7-4-13/h3-8,10,14H,1-2,9,11-12H2,(H,24,30)(H,25,26,27,28). The van der Waals surface area contributed by atoms with Crippen molar-refractivity contribution in [2.24, 2.45) is 5.92 Å². The van der Waals surface area contributed by atoms with E-state index in [1.807, 2.05) is 4.90 Å². The van der Waals surface area contributed by atoms with Gasteiger partial charge in [0.1, 0.15) is 5.82 Å². The topological polar surface area (TPSA) is 104 Å². The summed E-state index contributed by atoms with van der Waals surface area (Å²) in [6, 6.07) is 10.6. The number of likely N-dealkylation sites (tertiary alicyclic amines) is 1. The number of halogens is 2. The van der Waals surface area contributed by atoms with Gasteiger partial charge in [0.2, 0.25) is 11.7 Å². The Kier molecular flexibility index (Phi) is 6.34. The van der Waals surface area contributed by atoms with Crippen molar-refractivity contribution in [1.82, 2.24) is 25.5 Å². The van der Waals surface area contributed by atoms with Gasteiger partial charge >= 0.3 is 0 Å². The van der Waals surface area contributed by atoms with Crippen LogP contribution in [0.5, 0.6) is 0 Å². The Morgan fingerprint density at radius 2 is 2.03 bits per heavy atom. The van der Waals surface area contributed by atoms with E-state index < -0.39 is 0 Å². The normalized spacial score (nSPS) is 16.8. The number of ketones is 1. The number of benzene rings is 2. The lowest BCUT2D eigenvalue weighted by Crippen LogP contribution is -2.42. The summed E-state index contributed by atoms with van der Waals surface area (Å²) in [6.45, 7) is 1.32. The Hall–Kier alpha value is -3.17. The van der Waals surface area contributed by atoms with E-state index in [0.29, 0.717) is 40.8 Å². The highest BCUT2D eigenvalue weighted by molar-refractivity contribution is 6.31. The first-order valence-electron chi connectivity index (χ1n) is 9.85. The summed E-state index contributed by atoms with van der Waals surface area (Å²) in [5.41, 5.74) is 1.56. The molecular weight excluding hydrogens is 423 g/mol. The number of nitrogens with zero attached hydrogens (tertiary/aromatic N) is 4. The summed E-state index contributed by atoms with van der Waals surface area (Å²) in [7, 11) is 0. The number of tetrazole rings is 1. The average molecular weight is 443 g/mol. The van der Waals surface area contributed by atoms with Crippen LogP contribution >= 0.6 is 11.6 Å². The zero-order chi connectivity index (χ0) is 21.8. The molecule has 0 radical (unpaired) electrons. The van der Waals surface area contributed by atoms with E-state index in [9.17, 15) is 14.0 Å². The van der Waals surface area contributed by atoms with Gasteiger partial charge in [0.15, 0.2) is 5.78 Å². The second-order valence-corrected chi connectivity index (χ2v) is 7.86. The minimum atomic E-state index is -0.375. The van der Waals surface area contributed by atoms with Gasteiger partial charge < -0.3 is 5.32 Å². The predicted molar refractivity (Wildman–Crippen MR) is 113 cm³/mol. The molecule has 8 nitrogen and oxygen atoms in total. The molecule has 10 heteroatoms. The van der Waals surface area contributed by atoms with Gasteiger partial charge in [-0.05, 0) is 67.1 Å². The van der Waals surface area contributed by atoms with E-state index in [0.717, 1.165) is 12.8 Å². The minimum Gasteiger partial charge on any atom is -0.324 e. The fourth-order valence-electron chi connectivity index (χ4n) is 3.75. The molecule has 160 valence electrons. The van der Waals surface area contributed by atoms with E-state index in [2.05, 4.69) is 25.9 Å². The van der Waals surface area contributed by atoms with Gasteiger partial charge in [0, 0.05) is 28.6 Å². The predicted octanol–water partition coefficient (Wildman–Crippen LogP) is 3.19. The maximum Gasteiger partial charge on any atom is 0.238 e. The number of aromatic amines is 1. The first kappa shape index (κ1) is 21.1. The Balaban J connectivity index is 1.41. The number of nitrogens with one attached hydrogen (secondary N) is 2. The number of Topliss-reactive ketones (excluding diaryl/α,β-unsaturated/α-hetero) is 1. The number of aromatic nitrogens is 4. The summed E-state index contributed by atoms with van der Waals surface area (Å²) in [4.78, 5) is 27.4. The molecule has 1 saturated heterocycles. The van der Waals surface area contributed by atoms with Crippen molar-refractivity contribution in [3.05, 3.63) is 58.9 Å². The zero-order valence-corrected chi connectivity index (χ0v) is 17.3. The van der Waals surface area contributed by atoms with E-state index >= 15 is 0 Å². The summed E-state index contributed by atoms with van der Waals surface area (Å²) < 4.78 is 13.1. The number of piperidine rings is 1. The molecule has 0 spiro atoms. The van der Waals surface area contributed by atoms with Gasteiger partial charge in [-0.15, -0.1) is 10.2 Å².